The van der Waals surface area contributed by atoms with Gasteiger partial charge < -0.3 is 4.90 Å². The molecule has 31 heavy (non-hydrogen) atoms. The Morgan fingerprint density at radius 2 is 1.74 bits per heavy atom. The van der Waals surface area contributed by atoms with E-state index in [1.807, 2.05) is 35.3 Å². The van der Waals surface area contributed by atoms with Crippen LogP contribution in [0.15, 0.2) is 59.7 Å². The van der Waals surface area contributed by atoms with Crippen molar-refractivity contribution in [1.29, 1.82) is 0 Å². The number of nitrogens with zero attached hydrogens (tertiary/aromatic N) is 5. The molecule has 1 N–H and O–H groups in total. The van der Waals surface area contributed by atoms with Crippen LogP contribution in [-0.4, -0.2) is 76.5 Å². The summed E-state index contributed by atoms with van der Waals surface area (Å²) < 4.78 is 0. The van der Waals surface area contributed by atoms with E-state index in [4.69, 9.17) is 5.10 Å². The largest absolute Gasteiger partial charge is 0.327 e. The van der Waals surface area contributed by atoms with Gasteiger partial charge in [0.05, 0.1) is 12.3 Å². The van der Waals surface area contributed by atoms with E-state index in [9.17, 15) is 9.59 Å². The number of carbonyl (C=O) groups excluding carboxylic acids is 2. The molecule has 2 fully saturated rings. The molecule has 8 heteroatoms. The summed E-state index contributed by atoms with van der Waals surface area (Å²) in [7, 11) is 3.28. The number of benzene rings is 2. The summed E-state index contributed by atoms with van der Waals surface area (Å²) in [6.07, 6.45) is -0.679. The molecule has 0 radical (unpaired) electrons. The molecule has 0 aromatic heterocycles. The van der Waals surface area contributed by atoms with Gasteiger partial charge in [0.25, 0.3) is 5.91 Å². The SMILES string of the molecule is Cc1ccc(CN2N=C(c3ccccc3)CN3C4C(=O)N(C)C(=O)N(C)C4NC23)cc1. The van der Waals surface area contributed by atoms with Crippen molar-refractivity contribution in [3.05, 3.63) is 71.3 Å². The fraction of sp³-hybridized carbons (Fsp3) is 0.348. The van der Waals surface area contributed by atoms with Crippen molar-refractivity contribution in [3.63, 3.8) is 0 Å². The molecule has 0 saturated carbocycles. The van der Waals surface area contributed by atoms with Crippen LogP contribution in [0.2, 0.25) is 0 Å². The van der Waals surface area contributed by atoms with Crippen LogP contribution in [0.5, 0.6) is 0 Å². The van der Waals surface area contributed by atoms with Gasteiger partial charge >= 0.3 is 6.03 Å². The first-order chi connectivity index (χ1) is 14.9. The van der Waals surface area contributed by atoms with Gasteiger partial charge in [-0.1, -0.05) is 60.2 Å². The maximum absolute atomic E-state index is 13.1. The number of hydrogen-bond donors (Lipinski definition) is 1. The number of urea groups is 1. The second kappa shape index (κ2) is 7.47. The quantitative estimate of drug-likeness (QED) is 0.820. The van der Waals surface area contributed by atoms with E-state index in [1.54, 1.807) is 19.0 Å². The van der Waals surface area contributed by atoms with Gasteiger partial charge in [0, 0.05) is 20.6 Å². The first-order valence-electron chi connectivity index (χ1n) is 10.5. The van der Waals surface area contributed by atoms with Crippen molar-refractivity contribution in [3.8, 4) is 0 Å². The van der Waals surface area contributed by atoms with E-state index in [1.165, 1.54) is 10.5 Å². The highest BCUT2D eigenvalue weighted by Gasteiger charge is 2.55. The molecule has 160 valence electrons. The van der Waals surface area contributed by atoms with Gasteiger partial charge in [0.1, 0.15) is 12.2 Å². The van der Waals surface area contributed by atoms with Crippen molar-refractivity contribution in [2.45, 2.75) is 32.0 Å². The van der Waals surface area contributed by atoms with Crippen LogP contribution >= 0.6 is 0 Å². The zero-order valence-corrected chi connectivity index (χ0v) is 17.9. The highest BCUT2D eigenvalue weighted by Crippen LogP contribution is 2.31. The van der Waals surface area contributed by atoms with Gasteiger partial charge in [-0.3, -0.25) is 20.0 Å². The summed E-state index contributed by atoms with van der Waals surface area (Å²) >= 11 is 0. The molecule has 0 bridgehead atoms. The molecule has 3 aliphatic rings. The number of likely N-dealkylation sites (N-methyl/N-ethyl adjacent to an activating group) is 2. The lowest BCUT2D eigenvalue weighted by Crippen LogP contribution is -2.65. The lowest BCUT2D eigenvalue weighted by Gasteiger charge is -2.41. The van der Waals surface area contributed by atoms with E-state index >= 15 is 0 Å². The third kappa shape index (κ3) is 3.28. The Balaban J connectivity index is 1.53. The molecule has 3 heterocycles. The van der Waals surface area contributed by atoms with E-state index in [0.717, 1.165) is 16.8 Å². The number of carbonyl (C=O) groups is 2. The molecule has 2 saturated heterocycles. The van der Waals surface area contributed by atoms with Crippen molar-refractivity contribution < 1.29 is 9.59 Å². The van der Waals surface area contributed by atoms with Crippen LogP contribution in [-0.2, 0) is 11.3 Å². The molecule has 3 amide bonds. The topological polar surface area (TPSA) is 71.5 Å². The summed E-state index contributed by atoms with van der Waals surface area (Å²) in [5, 5.41) is 10.4. The predicted molar refractivity (Wildman–Crippen MR) is 117 cm³/mol. The summed E-state index contributed by atoms with van der Waals surface area (Å²) in [4.78, 5) is 30.5. The van der Waals surface area contributed by atoms with E-state index in [2.05, 4.69) is 41.4 Å². The number of amides is 3. The molecule has 0 spiro atoms. The van der Waals surface area contributed by atoms with Gasteiger partial charge in [0.2, 0.25) is 0 Å². The minimum Gasteiger partial charge on any atom is -0.310 e. The minimum atomic E-state index is -0.465. The molecule has 2 aromatic rings. The number of imide groups is 1. The average Bonchev–Trinajstić information content (AvgIpc) is 3.18. The Labute approximate surface area is 181 Å². The fourth-order valence-corrected chi connectivity index (χ4v) is 4.56. The van der Waals surface area contributed by atoms with Crippen LogP contribution < -0.4 is 5.32 Å². The molecule has 3 unspecified atom stereocenters. The van der Waals surface area contributed by atoms with Crippen molar-refractivity contribution in [2.75, 3.05) is 20.6 Å². The van der Waals surface area contributed by atoms with Gasteiger partial charge in [-0.05, 0) is 18.1 Å². The number of nitrogens with one attached hydrogen (secondary N) is 1. The van der Waals surface area contributed by atoms with E-state index in [-0.39, 0.29) is 18.2 Å². The summed E-state index contributed by atoms with van der Waals surface area (Å²) in [6.45, 7) is 3.18. The normalized spacial score (nSPS) is 26.1. The molecule has 8 nitrogen and oxygen atoms in total. The first-order valence-corrected chi connectivity index (χ1v) is 10.5. The van der Waals surface area contributed by atoms with Crippen molar-refractivity contribution in [2.24, 2.45) is 5.10 Å². The van der Waals surface area contributed by atoms with Crippen LogP contribution in [0.4, 0.5) is 4.79 Å². The van der Waals surface area contributed by atoms with Crippen molar-refractivity contribution >= 4 is 17.6 Å². The third-order valence-electron chi connectivity index (χ3n) is 6.32. The molecule has 5 rings (SSSR count). The Bertz CT molecular complexity index is 1040. The summed E-state index contributed by atoms with van der Waals surface area (Å²) in [5.74, 6) is -0.187. The zero-order valence-electron chi connectivity index (χ0n) is 17.9. The van der Waals surface area contributed by atoms with Gasteiger partial charge in [-0.2, -0.15) is 5.10 Å². The molecular formula is C23H26N6O2. The summed E-state index contributed by atoms with van der Waals surface area (Å²) in [6, 6.07) is 17.6. The maximum atomic E-state index is 13.1. The highest BCUT2D eigenvalue weighted by molar-refractivity contribution is 6.04. The Morgan fingerprint density at radius 3 is 2.45 bits per heavy atom. The number of hydrogen-bond acceptors (Lipinski definition) is 6. The van der Waals surface area contributed by atoms with Gasteiger partial charge in [-0.15, -0.1) is 0 Å². The molecule has 2 aromatic carbocycles. The second-order valence-corrected chi connectivity index (χ2v) is 8.39. The van der Waals surface area contributed by atoms with E-state index < -0.39 is 12.2 Å². The Morgan fingerprint density at radius 1 is 1.03 bits per heavy atom. The van der Waals surface area contributed by atoms with Crippen LogP contribution in [0.25, 0.3) is 0 Å². The maximum Gasteiger partial charge on any atom is 0.327 e. The predicted octanol–water partition coefficient (Wildman–Crippen LogP) is 1.62. The van der Waals surface area contributed by atoms with Gasteiger partial charge in [-0.25, -0.2) is 9.69 Å². The number of hydrazone groups is 1. The number of aryl methyl sites for hydroxylation is 1. The van der Waals surface area contributed by atoms with Crippen LogP contribution in [0, 0.1) is 6.92 Å². The smallest absolute Gasteiger partial charge is 0.310 e. The van der Waals surface area contributed by atoms with Gasteiger partial charge in [0.15, 0.2) is 6.29 Å². The third-order valence-corrected chi connectivity index (χ3v) is 6.32. The second-order valence-electron chi connectivity index (χ2n) is 8.39. The molecule has 3 aliphatic heterocycles. The molecule has 3 atom stereocenters. The lowest BCUT2D eigenvalue weighted by molar-refractivity contribution is -0.137. The monoisotopic (exact) mass is 418 g/mol. The molecule has 0 aliphatic carbocycles. The fourth-order valence-electron chi connectivity index (χ4n) is 4.56. The minimum absolute atomic E-state index is 0.187. The van der Waals surface area contributed by atoms with E-state index in [0.29, 0.717) is 13.1 Å². The van der Waals surface area contributed by atoms with Crippen molar-refractivity contribution in [1.82, 2.24) is 25.0 Å². The summed E-state index contributed by atoms with van der Waals surface area (Å²) in [5.41, 5.74) is 4.27. The molecular weight excluding hydrogens is 392 g/mol. The number of fused-ring (bicyclic) bond motifs is 3. The van der Waals surface area contributed by atoms with Crippen LogP contribution in [0.3, 0.4) is 0 Å². The first kappa shape index (κ1) is 19.7. The average molecular weight is 419 g/mol. The lowest BCUT2D eigenvalue weighted by atomic mass is 10.1. The Hall–Kier alpha value is -3.23. The highest BCUT2D eigenvalue weighted by atomic mass is 16.2. The standard InChI is InChI=1S/C23H26N6O2/c1-15-9-11-16(12-10-15)13-29-22-24-20-19(21(30)27(3)23(31)26(20)2)28(22)14-18(25-29)17-7-5-4-6-8-17/h4-12,19-20,22,24H,13-14H2,1-3H3. The Kier molecular flexibility index (Phi) is 4.75. The zero-order chi connectivity index (χ0) is 21.7. The number of rotatable bonds is 3. The van der Waals surface area contributed by atoms with Crippen LogP contribution in [0.1, 0.15) is 16.7 Å².